The normalized spacial score (nSPS) is 12.6. The largest absolute Gasteiger partial charge is 0.469 e. The number of hydrogen-bond donors (Lipinski definition) is 1. The van der Waals surface area contributed by atoms with Crippen LogP contribution in [0.3, 0.4) is 0 Å². The van der Waals surface area contributed by atoms with Crippen molar-refractivity contribution in [3.8, 4) is 0 Å². The zero-order valence-electron chi connectivity index (χ0n) is 10.9. The van der Waals surface area contributed by atoms with Gasteiger partial charge in [-0.25, -0.2) is 0 Å². The molecule has 2 nitrogen and oxygen atoms in total. The minimum absolute atomic E-state index is 0.528. The third-order valence-corrected chi connectivity index (χ3v) is 3.38. The summed E-state index contributed by atoms with van der Waals surface area (Å²) in [6.07, 6.45) is 4.84. The summed E-state index contributed by atoms with van der Waals surface area (Å²) in [4.78, 5) is 0. The highest BCUT2D eigenvalue weighted by Crippen LogP contribution is 2.25. The Kier molecular flexibility index (Phi) is 4.59. The van der Waals surface area contributed by atoms with Crippen LogP contribution in [-0.4, -0.2) is 6.54 Å². The van der Waals surface area contributed by atoms with Gasteiger partial charge in [0.05, 0.1) is 6.26 Å². The molecule has 0 amide bonds. The van der Waals surface area contributed by atoms with Gasteiger partial charge in [-0.2, -0.15) is 0 Å². The molecule has 0 radical (unpaired) electrons. The summed E-state index contributed by atoms with van der Waals surface area (Å²) < 4.78 is 5.39. The van der Waals surface area contributed by atoms with Gasteiger partial charge in [0.25, 0.3) is 0 Å². The van der Waals surface area contributed by atoms with E-state index in [9.17, 15) is 0 Å². The van der Waals surface area contributed by atoms with Gasteiger partial charge in [0.2, 0.25) is 0 Å². The second-order valence-electron chi connectivity index (χ2n) is 4.80. The third kappa shape index (κ3) is 3.47. The molecule has 0 bridgehead atoms. The molecule has 1 aromatic heterocycles. The molecule has 0 aliphatic rings. The number of rotatable bonds is 6. The zero-order chi connectivity index (χ0) is 12.8. The molecule has 1 atom stereocenters. The molecule has 96 valence electrons. The molecule has 1 heterocycles. The van der Waals surface area contributed by atoms with Crippen LogP contribution >= 0.6 is 0 Å². The fraction of sp³-hybridized carbons (Fsp3) is 0.375. The fourth-order valence-electron chi connectivity index (χ4n) is 2.29. The summed E-state index contributed by atoms with van der Waals surface area (Å²) in [6.45, 7) is 2.85. The minimum Gasteiger partial charge on any atom is -0.469 e. The van der Waals surface area contributed by atoms with E-state index in [4.69, 9.17) is 10.2 Å². The predicted octanol–water partition coefficient (Wildman–Crippen LogP) is 3.65. The molecule has 2 N–H and O–H groups in total. The SMILES string of the molecule is Cc1ccc(C(CCN)CCc2ccco2)cc1. The smallest absolute Gasteiger partial charge is 0.103 e. The van der Waals surface area contributed by atoms with E-state index < -0.39 is 0 Å². The van der Waals surface area contributed by atoms with Gasteiger partial charge in [-0.3, -0.25) is 0 Å². The van der Waals surface area contributed by atoms with Crippen LogP contribution < -0.4 is 5.73 Å². The van der Waals surface area contributed by atoms with Gasteiger partial charge in [0.1, 0.15) is 5.76 Å². The van der Waals surface area contributed by atoms with E-state index in [0.717, 1.165) is 31.6 Å². The molecular weight excluding hydrogens is 222 g/mol. The van der Waals surface area contributed by atoms with Crippen molar-refractivity contribution in [3.05, 3.63) is 59.5 Å². The van der Waals surface area contributed by atoms with Gasteiger partial charge >= 0.3 is 0 Å². The maximum Gasteiger partial charge on any atom is 0.103 e. The second kappa shape index (κ2) is 6.41. The van der Waals surface area contributed by atoms with Gasteiger partial charge in [-0.1, -0.05) is 29.8 Å². The van der Waals surface area contributed by atoms with Crippen LogP contribution in [0.2, 0.25) is 0 Å². The lowest BCUT2D eigenvalue weighted by molar-refractivity contribution is 0.479. The molecule has 2 aromatic rings. The predicted molar refractivity (Wildman–Crippen MR) is 74.6 cm³/mol. The van der Waals surface area contributed by atoms with Crippen LogP contribution in [0.15, 0.2) is 47.1 Å². The lowest BCUT2D eigenvalue weighted by Gasteiger charge is -2.16. The van der Waals surface area contributed by atoms with E-state index in [1.165, 1.54) is 11.1 Å². The van der Waals surface area contributed by atoms with E-state index in [0.29, 0.717) is 5.92 Å². The third-order valence-electron chi connectivity index (χ3n) is 3.38. The van der Waals surface area contributed by atoms with Crippen LogP contribution in [0.5, 0.6) is 0 Å². The Labute approximate surface area is 109 Å². The topological polar surface area (TPSA) is 39.2 Å². The van der Waals surface area contributed by atoms with Crippen LogP contribution in [0.1, 0.15) is 35.6 Å². The molecule has 0 fully saturated rings. The van der Waals surface area contributed by atoms with Crippen molar-refractivity contribution in [2.24, 2.45) is 5.73 Å². The van der Waals surface area contributed by atoms with Crippen molar-refractivity contribution < 1.29 is 4.42 Å². The average Bonchev–Trinajstić information content (AvgIpc) is 2.89. The maximum absolute atomic E-state index is 5.72. The number of aryl methyl sites for hydroxylation is 2. The quantitative estimate of drug-likeness (QED) is 0.841. The molecule has 0 saturated heterocycles. The molecule has 0 saturated carbocycles. The van der Waals surface area contributed by atoms with Gasteiger partial charge in [0.15, 0.2) is 0 Å². The highest BCUT2D eigenvalue weighted by molar-refractivity contribution is 5.24. The molecule has 0 aliphatic carbocycles. The molecule has 1 aromatic carbocycles. The standard InChI is InChI=1S/C16H21NO/c1-13-4-6-14(7-5-13)15(10-11-17)8-9-16-3-2-12-18-16/h2-7,12,15H,8-11,17H2,1H3. The lowest BCUT2D eigenvalue weighted by Crippen LogP contribution is -2.08. The van der Waals surface area contributed by atoms with Crippen molar-refractivity contribution in [3.63, 3.8) is 0 Å². The van der Waals surface area contributed by atoms with Gasteiger partial charge < -0.3 is 10.2 Å². The zero-order valence-corrected chi connectivity index (χ0v) is 10.9. The van der Waals surface area contributed by atoms with Gasteiger partial charge in [-0.05, 0) is 49.9 Å². The van der Waals surface area contributed by atoms with E-state index in [2.05, 4.69) is 31.2 Å². The van der Waals surface area contributed by atoms with Crippen LogP contribution in [-0.2, 0) is 6.42 Å². The number of benzene rings is 1. The minimum atomic E-state index is 0.528. The van der Waals surface area contributed by atoms with Crippen molar-refractivity contribution in [1.82, 2.24) is 0 Å². The fourth-order valence-corrected chi connectivity index (χ4v) is 2.29. The van der Waals surface area contributed by atoms with Crippen LogP contribution in [0.25, 0.3) is 0 Å². The van der Waals surface area contributed by atoms with E-state index in [1.54, 1.807) is 6.26 Å². The number of hydrogen-bond acceptors (Lipinski definition) is 2. The summed E-state index contributed by atoms with van der Waals surface area (Å²) in [5.41, 5.74) is 8.41. The van der Waals surface area contributed by atoms with Crippen LogP contribution in [0.4, 0.5) is 0 Å². The first-order chi connectivity index (χ1) is 8.79. The number of furan rings is 1. The molecule has 0 spiro atoms. The van der Waals surface area contributed by atoms with Crippen molar-refractivity contribution in [2.45, 2.75) is 32.1 Å². The van der Waals surface area contributed by atoms with Crippen molar-refractivity contribution in [2.75, 3.05) is 6.54 Å². The maximum atomic E-state index is 5.72. The van der Waals surface area contributed by atoms with Crippen LogP contribution in [0, 0.1) is 6.92 Å². The van der Waals surface area contributed by atoms with Crippen molar-refractivity contribution >= 4 is 0 Å². The highest BCUT2D eigenvalue weighted by atomic mass is 16.3. The van der Waals surface area contributed by atoms with E-state index >= 15 is 0 Å². The Hall–Kier alpha value is -1.54. The van der Waals surface area contributed by atoms with Crippen molar-refractivity contribution in [1.29, 1.82) is 0 Å². The average molecular weight is 243 g/mol. The molecule has 18 heavy (non-hydrogen) atoms. The van der Waals surface area contributed by atoms with E-state index in [-0.39, 0.29) is 0 Å². The summed E-state index contributed by atoms with van der Waals surface area (Å²) in [5.74, 6) is 1.59. The first-order valence-electron chi connectivity index (χ1n) is 6.58. The van der Waals surface area contributed by atoms with Gasteiger partial charge in [-0.15, -0.1) is 0 Å². The molecule has 1 unspecified atom stereocenters. The second-order valence-corrected chi connectivity index (χ2v) is 4.80. The summed E-state index contributed by atoms with van der Waals surface area (Å²) in [5, 5.41) is 0. The Morgan fingerprint density at radius 3 is 2.50 bits per heavy atom. The molecule has 0 aliphatic heterocycles. The highest BCUT2D eigenvalue weighted by Gasteiger charge is 2.11. The van der Waals surface area contributed by atoms with E-state index in [1.807, 2.05) is 12.1 Å². The monoisotopic (exact) mass is 243 g/mol. The first kappa shape index (κ1) is 12.9. The summed E-state index contributed by atoms with van der Waals surface area (Å²) >= 11 is 0. The lowest BCUT2D eigenvalue weighted by atomic mass is 9.90. The Morgan fingerprint density at radius 1 is 1.11 bits per heavy atom. The Balaban J connectivity index is 2.01. The Bertz CT molecular complexity index is 444. The summed E-state index contributed by atoms with van der Waals surface area (Å²) in [7, 11) is 0. The molecule has 2 rings (SSSR count). The molecular formula is C16H21NO. The number of nitrogens with two attached hydrogens (primary N) is 1. The first-order valence-corrected chi connectivity index (χ1v) is 6.58. The molecule has 2 heteroatoms. The summed E-state index contributed by atoms with van der Waals surface area (Å²) in [6, 6.07) is 12.8. The Morgan fingerprint density at radius 2 is 1.89 bits per heavy atom. The van der Waals surface area contributed by atoms with Gasteiger partial charge in [0, 0.05) is 6.42 Å².